The molecule has 1 aliphatic heterocycles. The van der Waals surface area contributed by atoms with Crippen molar-refractivity contribution in [2.24, 2.45) is 0 Å². The Morgan fingerprint density at radius 2 is 1.77 bits per heavy atom. The number of non-ortho nitro benzene ring substituents is 1. The number of nitrogens with zero attached hydrogens (tertiary/aromatic N) is 3. The number of nitro benzene ring substituents is 1. The Hall–Kier alpha value is -3.46. The Balaban J connectivity index is 1.56. The van der Waals surface area contributed by atoms with Gasteiger partial charge in [-0.25, -0.2) is 0 Å². The highest BCUT2D eigenvalue weighted by molar-refractivity contribution is 6.00. The summed E-state index contributed by atoms with van der Waals surface area (Å²) >= 11 is 0. The van der Waals surface area contributed by atoms with E-state index in [-0.39, 0.29) is 23.1 Å². The summed E-state index contributed by atoms with van der Waals surface area (Å²) in [4.78, 5) is 39.1. The zero-order valence-corrected chi connectivity index (χ0v) is 16.8. The zero-order valence-electron chi connectivity index (χ0n) is 16.8. The minimum Gasteiger partial charge on any atom is -0.368 e. The lowest BCUT2D eigenvalue weighted by Gasteiger charge is -2.36. The van der Waals surface area contributed by atoms with Gasteiger partial charge in [-0.3, -0.25) is 24.6 Å². The van der Waals surface area contributed by atoms with E-state index in [0.717, 1.165) is 5.56 Å². The van der Waals surface area contributed by atoms with Crippen LogP contribution in [-0.2, 0) is 11.3 Å². The summed E-state index contributed by atoms with van der Waals surface area (Å²) < 4.78 is 0. The number of hydrogen-bond acceptors (Lipinski definition) is 6. The number of benzene rings is 2. The molecule has 0 aromatic heterocycles. The normalized spacial score (nSPS) is 14.2. The topological polar surface area (TPSA) is 108 Å². The van der Waals surface area contributed by atoms with E-state index in [2.05, 4.69) is 15.5 Å². The van der Waals surface area contributed by atoms with Gasteiger partial charge in [-0.05, 0) is 11.6 Å². The Morgan fingerprint density at radius 3 is 2.40 bits per heavy atom. The van der Waals surface area contributed by atoms with Gasteiger partial charge in [-0.15, -0.1) is 0 Å². The number of carbonyl (C=O) groups is 2. The largest absolute Gasteiger partial charge is 0.368 e. The fourth-order valence-corrected chi connectivity index (χ4v) is 3.43. The molecular formula is C21H25N5O4. The van der Waals surface area contributed by atoms with Crippen LogP contribution in [-0.4, -0.2) is 61.4 Å². The number of rotatable bonds is 7. The second kappa shape index (κ2) is 9.84. The molecular weight excluding hydrogens is 386 g/mol. The third-order valence-electron chi connectivity index (χ3n) is 5.08. The van der Waals surface area contributed by atoms with E-state index in [0.29, 0.717) is 45.0 Å². The maximum absolute atomic E-state index is 12.2. The molecule has 3 rings (SSSR count). The van der Waals surface area contributed by atoms with Gasteiger partial charge in [0.25, 0.3) is 11.6 Å². The van der Waals surface area contributed by atoms with Gasteiger partial charge in [0, 0.05) is 51.9 Å². The van der Waals surface area contributed by atoms with Crippen LogP contribution in [0.3, 0.4) is 0 Å². The van der Waals surface area contributed by atoms with E-state index in [9.17, 15) is 19.7 Å². The van der Waals surface area contributed by atoms with Crippen LogP contribution in [0.5, 0.6) is 0 Å². The van der Waals surface area contributed by atoms with Crippen molar-refractivity contribution < 1.29 is 14.5 Å². The predicted molar refractivity (Wildman–Crippen MR) is 113 cm³/mol. The van der Waals surface area contributed by atoms with Crippen molar-refractivity contribution in [1.82, 2.24) is 15.5 Å². The van der Waals surface area contributed by atoms with Crippen LogP contribution in [0.15, 0.2) is 48.5 Å². The molecule has 2 amide bonds. The van der Waals surface area contributed by atoms with Crippen LogP contribution in [0, 0.1) is 10.1 Å². The molecule has 0 saturated carbocycles. The first-order valence-electron chi connectivity index (χ1n) is 9.76. The van der Waals surface area contributed by atoms with E-state index in [1.54, 1.807) is 6.07 Å². The highest BCUT2D eigenvalue weighted by Crippen LogP contribution is 2.26. The molecule has 0 aliphatic carbocycles. The van der Waals surface area contributed by atoms with E-state index in [4.69, 9.17) is 0 Å². The number of anilines is 1. The summed E-state index contributed by atoms with van der Waals surface area (Å²) in [7, 11) is 1.50. The summed E-state index contributed by atoms with van der Waals surface area (Å²) in [6.45, 7) is 3.36. The van der Waals surface area contributed by atoms with Gasteiger partial charge in [0.05, 0.1) is 22.7 Å². The summed E-state index contributed by atoms with van der Waals surface area (Å²) in [5.74, 6) is -0.398. The van der Waals surface area contributed by atoms with E-state index < -0.39 is 4.92 Å². The fraction of sp³-hybridized carbons (Fsp3) is 0.333. The number of piperazine rings is 1. The van der Waals surface area contributed by atoms with E-state index in [1.807, 2.05) is 35.2 Å². The molecule has 30 heavy (non-hydrogen) atoms. The summed E-state index contributed by atoms with van der Waals surface area (Å²) in [5, 5.41) is 16.5. The lowest BCUT2D eigenvalue weighted by molar-refractivity contribution is -0.384. The summed E-state index contributed by atoms with van der Waals surface area (Å²) in [6.07, 6.45) is 0. The quantitative estimate of drug-likeness (QED) is 0.527. The van der Waals surface area contributed by atoms with Crippen molar-refractivity contribution in [1.29, 1.82) is 0 Å². The molecule has 0 spiro atoms. The second-order valence-electron chi connectivity index (χ2n) is 7.06. The van der Waals surface area contributed by atoms with Crippen LogP contribution < -0.4 is 15.5 Å². The van der Waals surface area contributed by atoms with Gasteiger partial charge in [-0.1, -0.05) is 30.3 Å². The lowest BCUT2D eigenvalue weighted by Crippen LogP contribution is -2.49. The Morgan fingerprint density at radius 1 is 1.07 bits per heavy atom. The average molecular weight is 411 g/mol. The fourth-order valence-electron chi connectivity index (χ4n) is 3.43. The molecule has 0 unspecified atom stereocenters. The second-order valence-corrected chi connectivity index (χ2v) is 7.06. The predicted octanol–water partition coefficient (Wildman–Crippen LogP) is 1.39. The van der Waals surface area contributed by atoms with Crippen molar-refractivity contribution >= 4 is 23.2 Å². The van der Waals surface area contributed by atoms with Gasteiger partial charge in [0.1, 0.15) is 0 Å². The van der Waals surface area contributed by atoms with Gasteiger partial charge in [0.15, 0.2) is 0 Å². The van der Waals surface area contributed by atoms with Gasteiger partial charge >= 0.3 is 0 Å². The molecule has 9 heteroatoms. The highest BCUT2D eigenvalue weighted by atomic mass is 16.6. The first kappa shape index (κ1) is 21.3. The van der Waals surface area contributed by atoms with Gasteiger partial charge < -0.3 is 15.5 Å². The van der Waals surface area contributed by atoms with Crippen LogP contribution >= 0.6 is 0 Å². The molecule has 0 radical (unpaired) electrons. The number of carbonyl (C=O) groups excluding carboxylic acids is 2. The number of hydrogen-bond donors (Lipinski definition) is 2. The van der Waals surface area contributed by atoms with E-state index >= 15 is 0 Å². The molecule has 0 atom stereocenters. The molecule has 1 heterocycles. The lowest BCUT2D eigenvalue weighted by atomic mass is 10.1. The molecule has 2 N–H and O–H groups in total. The van der Waals surface area contributed by atoms with E-state index in [1.165, 1.54) is 19.2 Å². The number of nitrogens with one attached hydrogen (secondary N) is 2. The first-order valence-corrected chi connectivity index (χ1v) is 9.76. The van der Waals surface area contributed by atoms with Crippen molar-refractivity contribution in [3.63, 3.8) is 0 Å². The van der Waals surface area contributed by atoms with Gasteiger partial charge in [0.2, 0.25) is 5.91 Å². The monoisotopic (exact) mass is 411 g/mol. The van der Waals surface area contributed by atoms with Crippen molar-refractivity contribution in [3.8, 4) is 0 Å². The molecule has 2 aromatic carbocycles. The minimum absolute atomic E-state index is 0.0336. The average Bonchev–Trinajstić information content (AvgIpc) is 2.78. The Bertz CT molecular complexity index is 911. The maximum atomic E-state index is 12.2. The third-order valence-corrected chi connectivity index (χ3v) is 5.08. The molecule has 158 valence electrons. The maximum Gasteiger partial charge on any atom is 0.270 e. The number of amides is 2. The standard InChI is InChI=1S/C21H25N5O4/c1-22-21(28)18-13-17(26(29)30)7-8-19(18)25-11-9-24(10-12-25)15-20(27)23-14-16-5-3-2-4-6-16/h2-8,13H,9-12,14-15H2,1H3,(H,22,28)(H,23,27). The Kier molecular flexibility index (Phi) is 6.97. The number of nitro groups is 1. The van der Waals surface area contributed by atoms with Crippen LogP contribution in [0.1, 0.15) is 15.9 Å². The van der Waals surface area contributed by atoms with Crippen molar-refractivity contribution in [2.45, 2.75) is 6.54 Å². The van der Waals surface area contributed by atoms with Crippen LogP contribution in [0.4, 0.5) is 11.4 Å². The van der Waals surface area contributed by atoms with Crippen molar-refractivity contribution in [2.75, 3.05) is 44.7 Å². The zero-order chi connectivity index (χ0) is 21.5. The van der Waals surface area contributed by atoms with Crippen molar-refractivity contribution in [3.05, 3.63) is 69.8 Å². The van der Waals surface area contributed by atoms with Gasteiger partial charge in [-0.2, -0.15) is 0 Å². The molecule has 9 nitrogen and oxygen atoms in total. The minimum atomic E-state index is -0.512. The molecule has 2 aromatic rings. The molecule has 1 aliphatic rings. The third kappa shape index (κ3) is 5.32. The Labute approximate surface area is 174 Å². The van der Waals surface area contributed by atoms with Crippen LogP contribution in [0.25, 0.3) is 0 Å². The summed E-state index contributed by atoms with van der Waals surface area (Å²) in [6, 6.07) is 14.1. The first-order chi connectivity index (χ1) is 14.5. The highest BCUT2D eigenvalue weighted by Gasteiger charge is 2.24. The smallest absolute Gasteiger partial charge is 0.270 e. The van der Waals surface area contributed by atoms with Crippen LogP contribution in [0.2, 0.25) is 0 Å². The SMILES string of the molecule is CNC(=O)c1cc([N+](=O)[O-])ccc1N1CCN(CC(=O)NCc2ccccc2)CC1. The molecule has 0 bridgehead atoms. The summed E-state index contributed by atoms with van der Waals surface area (Å²) in [5.41, 5.74) is 1.87. The molecule has 1 fully saturated rings. The molecule has 1 saturated heterocycles.